The van der Waals surface area contributed by atoms with Crippen molar-refractivity contribution >= 4 is 36.4 Å². The third kappa shape index (κ3) is 5.83. The van der Waals surface area contributed by atoms with Gasteiger partial charge in [0.15, 0.2) is 0 Å². The molecule has 6 heteroatoms. The van der Waals surface area contributed by atoms with Crippen LogP contribution >= 0.6 is 24.8 Å². The second-order valence-corrected chi connectivity index (χ2v) is 9.44. The van der Waals surface area contributed by atoms with Crippen LogP contribution in [0.15, 0.2) is 66.7 Å². The maximum atomic E-state index is 12.8. The first kappa shape index (κ1) is 27.1. The normalized spacial score (nSPS) is 15.0. The van der Waals surface area contributed by atoms with Crippen LogP contribution in [0, 0.1) is 27.8 Å². The summed E-state index contributed by atoms with van der Waals surface area (Å²) in [6.45, 7) is 9.77. The van der Waals surface area contributed by atoms with Gasteiger partial charge in [0.1, 0.15) is 0 Å². The van der Waals surface area contributed by atoms with Gasteiger partial charge in [0.25, 0.3) is 5.91 Å². The third-order valence-corrected chi connectivity index (χ3v) is 7.11. The van der Waals surface area contributed by atoms with Crippen LogP contribution in [-0.4, -0.2) is 49.6 Å². The van der Waals surface area contributed by atoms with Crippen LogP contribution in [0.4, 0.5) is 5.69 Å². The highest BCUT2D eigenvalue weighted by Gasteiger charge is 2.18. The smallest absolute Gasteiger partial charge is 0.251 e. The Labute approximate surface area is 220 Å². The van der Waals surface area contributed by atoms with Crippen molar-refractivity contribution in [1.82, 2.24) is 10.2 Å². The van der Waals surface area contributed by atoms with E-state index in [1.807, 2.05) is 12.1 Å². The number of hydrogen-bond donors (Lipinski definition) is 1. The Kier molecular flexibility index (Phi) is 9.23. The molecule has 3 aromatic rings. The van der Waals surface area contributed by atoms with E-state index in [4.69, 9.17) is 0 Å². The number of amides is 1. The van der Waals surface area contributed by atoms with E-state index >= 15 is 0 Å². The van der Waals surface area contributed by atoms with Crippen molar-refractivity contribution in [2.75, 3.05) is 37.6 Å². The van der Waals surface area contributed by atoms with Gasteiger partial charge in [-0.15, -0.1) is 24.8 Å². The van der Waals surface area contributed by atoms with E-state index in [1.165, 1.54) is 32.1 Å². The number of nitrogens with zero attached hydrogens (tertiary/aromatic N) is 2. The average molecular weight is 513 g/mol. The number of piperazine rings is 1. The zero-order valence-corrected chi connectivity index (χ0v) is 22.1. The van der Waals surface area contributed by atoms with Gasteiger partial charge in [-0.25, -0.2) is 0 Å². The molecular formula is C29H35Cl2N3O. The van der Waals surface area contributed by atoms with Crippen molar-refractivity contribution in [3.8, 4) is 0 Å². The molecule has 0 aromatic heterocycles. The zero-order chi connectivity index (χ0) is 22.8. The second kappa shape index (κ2) is 11.9. The number of halogens is 2. The van der Waals surface area contributed by atoms with Crippen LogP contribution in [-0.2, 0) is 0 Å². The Morgan fingerprint density at radius 3 is 2.20 bits per heavy atom. The van der Waals surface area contributed by atoms with Gasteiger partial charge in [-0.2, -0.15) is 0 Å². The molecular weight excluding hydrogens is 477 g/mol. The highest BCUT2D eigenvalue weighted by molar-refractivity contribution is 5.94. The molecule has 1 N–H and O–H groups in total. The van der Waals surface area contributed by atoms with E-state index in [-0.39, 0.29) is 36.8 Å². The van der Waals surface area contributed by atoms with Crippen LogP contribution in [0.2, 0.25) is 0 Å². The van der Waals surface area contributed by atoms with Gasteiger partial charge in [-0.3, -0.25) is 9.69 Å². The van der Waals surface area contributed by atoms with E-state index in [9.17, 15) is 4.79 Å². The Morgan fingerprint density at radius 2 is 1.49 bits per heavy atom. The Balaban J connectivity index is 0.00000171. The Hall–Kier alpha value is -2.53. The summed E-state index contributed by atoms with van der Waals surface area (Å²) >= 11 is 0. The molecule has 3 aromatic carbocycles. The number of rotatable bonds is 7. The summed E-state index contributed by atoms with van der Waals surface area (Å²) in [6, 6.07) is 23.3. The van der Waals surface area contributed by atoms with Gasteiger partial charge < -0.3 is 10.2 Å². The predicted octanol–water partition coefficient (Wildman–Crippen LogP) is 5.45. The predicted molar refractivity (Wildman–Crippen MR) is 149 cm³/mol. The third-order valence-electron chi connectivity index (χ3n) is 7.11. The fourth-order valence-electron chi connectivity index (χ4n) is 5.16. The minimum atomic E-state index is 0. The van der Waals surface area contributed by atoms with E-state index in [1.54, 1.807) is 0 Å². The number of carbonyl (C=O) groups is 1. The van der Waals surface area contributed by atoms with E-state index < -0.39 is 0 Å². The first-order valence-electron chi connectivity index (χ1n) is 12.2. The van der Waals surface area contributed by atoms with Crippen LogP contribution in [0.5, 0.6) is 0 Å². The molecule has 1 fully saturated rings. The molecule has 5 rings (SSSR count). The topological polar surface area (TPSA) is 35.6 Å². The molecule has 1 aliphatic heterocycles. The van der Waals surface area contributed by atoms with E-state index in [0.717, 1.165) is 51.1 Å². The SMILES string of the molecule is Cc1ccccc1N1CCN(CCCC(C)NC(=O)c2ccc3c(c2)=c2ccccc2=3)CC1.Cl.Cl. The monoisotopic (exact) mass is 511 g/mol. The molecule has 0 radical (unpaired) electrons. The van der Waals surface area contributed by atoms with Crippen molar-refractivity contribution < 1.29 is 4.79 Å². The number of benzene rings is 3. The van der Waals surface area contributed by atoms with Crippen molar-refractivity contribution in [2.45, 2.75) is 32.7 Å². The molecule has 1 aliphatic carbocycles. The van der Waals surface area contributed by atoms with Crippen LogP contribution in [0.25, 0.3) is 0 Å². The second-order valence-electron chi connectivity index (χ2n) is 9.44. The molecule has 4 nitrogen and oxygen atoms in total. The average Bonchev–Trinajstić information content (AvgIpc) is 2.83. The maximum absolute atomic E-state index is 12.8. The van der Waals surface area contributed by atoms with Gasteiger partial charge >= 0.3 is 0 Å². The van der Waals surface area contributed by atoms with Crippen LogP contribution < -0.4 is 10.2 Å². The highest BCUT2D eigenvalue weighted by atomic mass is 35.5. The fourth-order valence-corrected chi connectivity index (χ4v) is 5.16. The van der Waals surface area contributed by atoms with Crippen LogP contribution in [0.3, 0.4) is 0 Å². The van der Waals surface area contributed by atoms with Gasteiger partial charge in [0, 0.05) is 43.5 Å². The summed E-state index contributed by atoms with van der Waals surface area (Å²) in [5.74, 6) is 0.0292. The number of aryl methyl sites for hydroxylation is 1. The Morgan fingerprint density at radius 1 is 0.857 bits per heavy atom. The van der Waals surface area contributed by atoms with Gasteiger partial charge in [-0.1, -0.05) is 48.5 Å². The summed E-state index contributed by atoms with van der Waals surface area (Å²) in [5.41, 5.74) is 3.47. The maximum Gasteiger partial charge on any atom is 0.251 e. The number of anilines is 1. The number of para-hydroxylation sites is 1. The quantitative estimate of drug-likeness (QED) is 0.358. The van der Waals surface area contributed by atoms with E-state index in [2.05, 4.69) is 83.6 Å². The molecule has 0 bridgehead atoms. The molecule has 1 saturated heterocycles. The van der Waals surface area contributed by atoms with Crippen molar-refractivity contribution in [1.29, 1.82) is 0 Å². The zero-order valence-electron chi connectivity index (χ0n) is 20.5. The number of hydrogen-bond acceptors (Lipinski definition) is 3. The number of nitrogens with one attached hydrogen (secondary N) is 1. The lowest BCUT2D eigenvalue weighted by molar-refractivity contribution is 0.0937. The van der Waals surface area contributed by atoms with Gasteiger partial charge in [0.05, 0.1) is 0 Å². The van der Waals surface area contributed by atoms with Gasteiger partial charge in [-0.05, 0) is 77.9 Å². The van der Waals surface area contributed by atoms with Crippen molar-refractivity contribution in [3.63, 3.8) is 0 Å². The fraction of sp³-hybridized carbons (Fsp3) is 0.345. The summed E-state index contributed by atoms with van der Waals surface area (Å²) in [7, 11) is 0. The number of fused-ring (bicyclic) bond motifs is 2. The largest absolute Gasteiger partial charge is 0.369 e. The molecule has 2 aliphatic rings. The highest BCUT2D eigenvalue weighted by Crippen LogP contribution is 2.21. The minimum absolute atomic E-state index is 0. The summed E-state index contributed by atoms with van der Waals surface area (Å²) in [6.07, 6.45) is 2.10. The molecule has 1 amide bonds. The van der Waals surface area contributed by atoms with E-state index in [0.29, 0.717) is 0 Å². The molecule has 35 heavy (non-hydrogen) atoms. The standard InChI is InChI=1S/C29H33N3O.2ClH/c1-21-8-3-6-12-28(21)32-18-16-31(17-19-32)15-7-9-22(2)30-29(33)23-13-14-26-24-10-4-5-11-25(24)27(26)20-23;;/h3-6,8,10-14,20,22H,7,9,15-19H2,1-2H3,(H,30,33);2*1H. The molecule has 1 unspecified atom stereocenters. The van der Waals surface area contributed by atoms with Gasteiger partial charge in [0.2, 0.25) is 0 Å². The lowest BCUT2D eigenvalue weighted by Gasteiger charge is -2.37. The van der Waals surface area contributed by atoms with Crippen molar-refractivity contribution in [2.24, 2.45) is 0 Å². The lowest BCUT2D eigenvalue weighted by Crippen LogP contribution is -2.47. The lowest BCUT2D eigenvalue weighted by atomic mass is 9.99. The molecule has 0 saturated carbocycles. The first-order valence-corrected chi connectivity index (χ1v) is 12.2. The molecule has 186 valence electrons. The number of carbonyl (C=O) groups excluding carboxylic acids is 1. The molecule has 1 heterocycles. The van der Waals surface area contributed by atoms with Crippen LogP contribution in [0.1, 0.15) is 35.7 Å². The minimum Gasteiger partial charge on any atom is -0.369 e. The van der Waals surface area contributed by atoms with Crippen molar-refractivity contribution in [3.05, 3.63) is 98.7 Å². The summed E-state index contributed by atoms with van der Waals surface area (Å²) in [5, 5.41) is 8.17. The first-order chi connectivity index (χ1) is 16.1. The molecule has 1 atom stereocenters. The summed E-state index contributed by atoms with van der Waals surface area (Å²) < 4.78 is 0. The summed E-state index contributed by atoms with van der Waals surface area (Å²) in [4.78, 5) is 17.8. The Bertz CT molecular complexity index is 1350. The molecule has 0 spiro atoms.